The van der Waals surface area contributed by atoms with E-state index in [-0.39, 0.29) is 0 Å². The van der Waals surface area contributed by atoms with Crippen LogP contribution in [-0.2, 0) is 0 Å². The Morgan fingerprint density at radius 3 is 0.750 bits per heavy atom. The van der Waals surface area contributed by atoms with Crippen LogP contribution in [0.5, 0.6) is 0 Å². The molecule has 0 aliphatic rings. The monoisotopic (exact) mass is 730 g/mol. The van der Waals surface area contributed by atoms with Crippen LogP contribution in [0, 0.1) is 0 Å². The van der Waals surface area contributed by atoms with Crippen LogP contribution in [-0.4, -0.2) is 0 Å². The molecule has 0 fully saturated rings. The van der Waals surface area contributed by atoms with E-state index in [0.29, 0.717) is 0 Å². The van der Waals surface area contributed by atoms with Gasteiger partial charge in [-0.3, -0.25) is 0 Å². The first-order valence-corrected chi connectivity index (χ1v) is 22.0. The van der Waals surface area contributed by atoms with Crippen molar-refractivity contribution >= 4 is 269 Å². The quantitative estimate of drug-likeness (QED) is 0.136. The van der Waals surface area contributed by atoms with Crippen molar-refractivity contribution < 1.29 is 0 Å². The first-order valence-electron chi connectivity index (χ1n) is 22.0. The minimum absolute atomic E-state index is 1.43. The molecule has 26 aromatic carbocycles. The summed E-state index contributed by atoms with van der Waals surface area (Å²) in [6.07, 6.45) is 0. The fraction of sp³-hybridized carbons (Fsp3) is 0. The summed E-state index contributed by atoms with van der Waals surface area (Å²) in [4.78, 5) is 0. The second-order valence-corrected chi connectivity index (χ2v) is 20.8. The standard InChI is InChI=1S/C60H10/c1-2-12-23-18-8-11-9-19-37-34-17-7-6-16-31-32(17)47-48(34)57-58-50(37)49-38(19)35-21(10-20(23)22(11)35)24-13(3-1)26-28-15-5-4-14-27-25(12)36(18)33(16)42-41(27)43-29(14)30(15)46-45(28)54(51(58)40(26)39(24)49)59(57)60-55(46)52(43)53(44(31)42)56(47)60/h1-10H. The van der Waals surface area contributed by atoms with Crippen molar-refractivity contribution in [3.8, 4) is 0 Å². The van der Waals surface area contributed by atoms with Gasteiger partial charge in [0.25, 0.3) is 0 Å². The van der Waals surface area contributed by atoms with E-state index < -0.39 is 0 Å². The van der Waals surface area contributed by atoms with Crippen molar-refractivity contribution in [2.45, 2.75) is 0 Å². The van der Waals surface area contributed by atoms with Crippen molar-refractivity contribution in [2.75, 3.05) is 0 Å². The molecule has 0 saturated heterocycles. The molecule has 0 aromatic heterocycles. The van der Waals surface area contributed by atoms with E-state index in [1.54, 1.807) is 156 Å². The second-order valence-electron chi connectivity index (χ2n) is 20.8. The Balaban J connectivity index is 1.38. The molecule has 0 heteroatoms. The largest absolute Gasteiger partial charge is 0.0610 e. The number of benzene rings is 14. The molecular formula is C60H10. The highest BCUT2D eigenvalue weighted by Gasteiger charge is 2.44. The van der Waals surface area contributed by atoms with E-state index in [9.17, 15) is 0 Å². The van der Waals surface area contributed by atoms with Gasteiger partial charge in [-0.25, -0.2) is 0 Å². The van der Waals surface area contributed by atoms with Crippen LogP contribution in [0.1, 0.15) is 0 Å². The third-order valence-corrected chi connectivity index (χ3v) is 19.9. The molecule has 0 heterocycles. The Morgan fingerprint density at radius 1 is 0.133 bits per heavy atom. The minimum Gasteiger partial charge on any atom is -0.0610 e. The zero-order valence-electron chi connectivity index (χ0n) is 30.8. The van der Waals surface area contributed by atoms with E-state index in [2.05, 4.69) is 60.7 Å². The molecule has 0 nitrogen and oxygen atoms in total. The van der Waals surface area contributed by atoms with Gasteiger partial charge in [-0.1, -0.05) is 42.5 Å². The van der Waals surface area contributed by atoms with Crippen LogP contribution in [0.2, 0.25) is 0 Å². The van der Waals surface area contributed by atoms with Gasteiger partial charge in [0, 0.05) is 0 Å². The maximum Gasteiger partial charge on any atom is -0.00000000591 e. The molecule has 0 aliphatic carbocycles. The molecule has 26 rings (SSSR count). The summed E-state index contributed by atoms with van der Waals surface area (Å²) in [6, 6.07) is 26.2. The van der Waals surface area contributed by atoms with Gasteiger partial charge in [0.15, 0.2) is 0 Å². The number of fused-ring (bicyclic) bond motifs is 6. The predicted octanol–water partition coefficient (Wildman–Crippen LogP) is 17.6. The van der Waals surface area contributed by atoms with Gasteiger partial charge < -0.3 is 0 Å². The van der Waals surface area contributed by atoms with E-state index in [4.69, 9.17) is 0 Å². The Kier molecular flexibility index (Phi) is 2.13. The summed E-state index contributed by atoms with van der Waals surface area (Å²) in [5, 5.41) is 77.1. The van der Waals surface area contributed by atoms with Crippen LogP contribution < -0.4 is 0 Å². The lowest BCUT2D eigenvalue weighted by molar-refractivity contribution is 1.96. The average molecular weight is 731 g/mol. The average Bonchev–Trinajstić information content (AvgIpc) is 4.12. The van der Waals surface area contributed by atoms with Gasteiger partial charge in [0.2, 0.25) is 0 Å². The van der Waals surface area contributed by atoms with E-state index in [1.807, 2.05) is 0 Å². The topological polar surface area (TPSA) is 0 Å². The third kappa shape index (κ3) is 1.39. The van der Waals surface area contributed by atoms with Gasteiger partial charge in [-0.05, 0) is 288 Å². The van der Waals surface area contributed by atoms with E-state index in [1.165, 1.54) is 113 Å². The molecule has 0 aliphatic heterocycles. The third-order valence-electron chi connectivity index (χ3n) is 19.9. The molecule has 0 radical (unpaired) electrons. The molecule has 0 unspecified atom stereocenters. The molecule has 0 saturated carbocycles. The van der Waals surface area contributed by atoms with Crippen molar-refractivity contribution in [3.05, 3.63) is 60.7 Å². The maximum absolute atomic E-state index is 2.72. The number of hydrogen-bond acceptors (Lipinski definition) is 0. The second kappa shape index (κ2) is 5.57. The molecule has 0 amide bonds. The normalized spacial score (nSPS) is 16.3. The summed E-state index contributed by atoms with van der Waals surface area (Å²) < 4.78 is 0. The Morgan fingerprint density at radius 2 is 0.350 bits per heavy atom. The van der Waals surface area contributed by atoms with Crippen LogP contribution >= 0.6 is 0 Å². The SMILES string of the molecule is c1cc2c3c4cc5c6c(c1)c1c7c8ccc9c%10c2c2c3cc3cc%11c(c5c34)c3c6c1c1c4c3c%11c3c5ccc6c2c2c%10c%10c9c8c8c7c1c1c4c3c3c5c6c2c2c%10c8c1c32. The van der Waals surface area contributed by atoms with Gasteiger partial charge in [-0.2, -0.15) is 0 Å². The van der Waals surface area contributed by atoms with Gasteiger partial charge in [-0.15, -0.1) is 0 Å². The highest BCUT2D eigenvalue weighted by molar-refractivity contribution is 6.77. The highest BCUT2D eigenvalue weighted by atomic mass is 14.5. The molecule has 26 aromatic rings. The Bertz CT molecular complexity index is 6120. The number of hydrogen-bond donors (Lipinski definition) is 0. The number of rotatable bonds is 0. The Hall–Kier alpha value is -7.80. The predicted molar refractivity (Wildman–Crippen MR) is 261 cm³/mol. The summed E-state index contributed by atoms with van der Waals surface area (Å²) in [6.45, 7) is 0. The zero-order chi connectivity index (χ0) is 35.9. The lowest BCUT2D eigenvalue weighted by Gasteiger charge is -2.13. The minimum atomic E-state index is 1.43. The first-order chi connectivity index (χ1) is 29.9. The Labute approximate surface area is 328 Å². The van der Waals surface area contributed by atoms with E-state index in [0.717, 1.165) is 0 Å². The van der Waals surface area contributed by atoms with Crippen LogP contribution in [0.3, 0.4) is 0 Å². The van der Waals surface area contributed by atoms with Crippen molar-refractivity contribution in [1.82, 2.24) is 0 Å². The van der Waals surface area contributed by atoms with Gasteiger partial charge in [0.1, 0.15) is 0 Å². The molecule has 0 atom stereocenters. The smallest absolute Gasteiger partial charge is 0.00000000591 e. The summed E-state index contributed by atoms with van der Waals surface area (Å²) in [7, 11) is 0. The molecular weight excluding hydrogens is 721 g/mol. The van der Waals surface area contributed by atoms with Crippen LogP contribution in [0.4, 0.5) is 0 Å². The fourth-order valence-electron chi connectivity index (χ4n) is 19.1. The summed E-state index contributed by atoms with van der Waals surface area (Å²) in [5.41, 5.74) is 0. The molecule has 250 valence electrons. The lowest BCUT2D eigenvalue weighted by Crippen LogP contribution is -1.83. The van der Waals surface area contributed by atoms with Gasteiger partial charge >= 0.3 is 0 Å². The maximum atomic E-state index is 2.72. The van der Waals surface area contributed by atoms with Crippen molar-refractivity contribution in [3.63, 3.8) is 0 Å². The molecule has 16 bridgehead atoms. The van der Waals surface area contributed by atoms with Crippen LogP contribution in [0.25, 0.3) is 269 Å². The highest BCUT2D eigenvalue weighted by Crippen LogP contribution is 2.73. The zero-order valence-corrected chi connectivity index (χ0v) is 30.8. The fourth-order valence-corrected chi connectivity index (χ4v) is 19.1. The molecule has 0 N–H and O–H groups in total. The van der Waals surface area contributed by atoms with E-state index >= 15 is 0 Å². The summed E-state index contributed by atoms with van der Waals surface area (Å²) >= 11 is 0. The first kappa shape index (κ1) is 23.0. The lowest BCUT2D eigenvalue weighted by atomic mass is 9.88. The molecule has 60 heavy (non-hydrogen) atoms. The van der Waals surface area contributed by atoms with Crippen molar-refractivity contribution in [1.29, 1.82) is 0 Å². The molecule has 0 spiro atoms. The van der Waals surface area contributed by atoms with Gasteiger partial charge in [0.05, 0.1) is 0 Å². The summed E-state index contributed by atoms with van der Waals surface area (Å²) in [5.74, 6) is 0. The van der Waals surface area contributed by atoms with Crippen molar-refractivity contribution in [2.24, 2.45) is 0 Å². The van der Waals surface area contributed by atoms with Crippen LogP contribution in [0.15, 0.2) is 60.7 Å².